The van der Waals surface area contributed by atoms with Gasteiger partial charge < -0.3 is 0 Å². The van der Waals surface area contributed by atoms with Crippen LogP contribution in [-0.2, 0) is 6.18 Å². The highest BCUT2D eigenvalue weighted by molar-refractivity contribution is 6.11. The van der Waals surface area contributed by atoms with Crippen molar-refractivity contribution in [2.75, 3.05) is 0 Å². The number of alkyl halides is 3. The van der Waals surface area contributed by atoms with Crippen molar-refractivity contribution in [3.63, 3.8) is 0 Å². The number of nitrogens with zero attached hydrogens (tertiary/aromatic N) is 4. The van der Waals surface area contributed by atoms with E-state index in [1.807, 2.05) is 0 Å². The molecule has 0 amide bonds. The highest BCUT2D eigenvalue weighted by Crippen LogP contribution is 2.55. The second-order valence-corrected chi connectivity index (χ2v) is 9.74. The second kappa shape index (κ2) is 9.70. The zero-order chi connectivity index (χ0) is 31.7. The van der Waals surface area contributed by atoms with Crippen molar-refractivity contribution < 1.29 is 30.7 Å². The minimum absolute atomic E-state index is 0.0138. The summed E-state index contributed by atoms with van der Waals surface area (Å²) >= 11 is 0. The lowest BCUT2D eigenvalue weighted by molar-refractivity contribution is -0.137. The Morgan fingerprint density at radius 1 is 0.500 bits per heavy atom. The lowest BCUT2D eigenvalue weighted by Gasteiger charge is -2.11. The molecule has 4 aromatic carbocycles. The summed E-state index contributed by atoms with van der Waals surface area (Å²) in [4.78, 5) is 0. The Kier molecular flexibility index (Phi) is 6.16. The minimum atomic E-state index is -4.62. The Bertz CT molecular complexity index is 2220. The third-order valence-electron chi connectivity index (χ3n) is 7.53. The highest BCUT2D eigenvalue weighted by Gasteiger charge is 2.39. The summed E-state index contributed by atoms with van der Waals surface area (Å²) in [6.45, 7) is 0. The number of rotatable bonds is 1. The molecule has 0 saturated heterocycles. The third kappa shape index (κ3) is 3.81. The maximum absolute atomic E-state index is 15.3. The maximum atomic E-state index is 15.3. The van der Waals surface area contributed by atoms with Crippen LogP contribution in [-0.4, -0.2) is 0 Å². The van der Waals surface area contributed by atoms with Crippen molar-refractivity contribution in [2.24, 2.45) is 0 Å². The van der Waals surface area contributed by atoms with Gasteiger partial charge in [-0.05, 0) is 74.8 Å². The molecule has 210 valence electrons. The van der Waals surface area contributed by atoms with E-state index in [9.17, 15) is 43.0 Å². The molecule has 0 atom stereocenters. The maximum Gasteiger partial charge on any atom is 0.416 e. The van der Waals surface area contributed by atoms with Gasteiger partial charge in [0.05, 0.1) is 5.56 Å². The quantitative estimate of drug-likeness (QED) is 0.0825. The van der Waals surface area contributed by atoms with Crippen molar-refractivity contribution in [1.82, 2.24) is 0 Å². The van der Waals surface area contributed by atoms with Gasteiger partial charge >= 0.3 is 6.18 Å². The average molecular weight is 594 g/mol. The van der Waals surface area contributed by atoms with Gasteiger partial charge in [-0.25, -0.2) is 17.6 Å². The largest absolute Gasteiger partial charge is 0.416 e. The predicted molar refractivity (Wildman–Crippen MR) is 142 cm³/mol. The fourth-order valence-electron chi connectivity index (χ4n) is 5.69. The van der Waals surface area contributed by atoms with Gasteiger partial charge in [0, 0.05) is 22.3 Å². The van der Waals surface area contributed by atoms with E-state index in [0.717, 1.165) is 12.1 Å². The Labute approximate surface area is 243 Å². The number of hydrogen-bond donors (Lipinski definition) is 0. The molecule has 2 aliphatic carbocycles. The molecule has 0 N–H and O–H groups in total. The molecule has 4 aromatic rings. The average Bonchev–Trinajstić information content (AvgIpc) is 3.51. The lowest BCUT2D eigenvalue weighted by Crippen LogP contribution is -2.04. The SMILES string of the molecule is N#CC(C#N)=C1c2cc(-c3cccc(C(F)(F)F)c3)ccc2-c2cc3c(cc21)-c1c(F)c(F)c(F)c(F)c1C3=C(C#N)C#N. The van der Waals surface area contributed by atoms with E-state index in [1.165, 1.54) is 42.5 Å². The van der Waals surface area contributed by atoms with Crippen molar-refractivity contribution in [1.29, 1.82) is 21.0 Å². The van der Waals surface area contributed by atoms with Crippen LogP contribution in [0, 0.1) is 68.6 Å². The highest BCUT2D eigenvalue weighted by atomic mass is 19.4. The Morgan fingerprint density at radius 2 is 1.02 bits per heavy atom. The zero-order valence-corrected chi connectivity index (χ0v) is 21.6. The van der Waals surface area contributed by atoms with E-state index in [0.29, 0.717) is 11.1 Å². The number of halogens is 7. The van der Waals surface area contributed by atoms with Gasteiger partial charge in [-0.2, -0.15) is 34.2 Å². The molecule has 0 unspecified atom stereocenters. The van der Waals surface area contributed by atoms with E-state index in [2.05, 4.69) is 0 Å². The zero-order valence-electron chi connectivity index (χ0n) is 21.6. The number of benzene rings is 4. The fourth-order valence-corrected chi connectivity index (χ4v) is 5.69. The fraction of sp³-hybridized carbons (Fsp3) is 0.0303. The second-order valence-electron chi connectivity index (χ2n) is 9.74. The van der Waals surface area contributed by atoms with Crippen LogP contribution in [0.5, 0.6) is 0 Å². The van der Waals surface area contributed by atoms with Gasteiger partial charge in [0.15, 0.2) is 23.3 Å². The van der Waals surface area contributed by atoms with Crippen molar-refractivity contribution >= 4 is 11.1 Å². The molecule has 6 rings (SSSR count). The van der Waals surface area contributed by atoms with Gasteiger partial charge in [0.2, 0.25) is 0 Å². The van der Waals surface area contributed by atoms with Crippen LogP contribution >= 0.6 is 0 Å². The van der Waals surface area contributed by atoms with Crippen molar-refractivity contribution in [3.05, 3.63) is 117 Å². The van der Waals surface area contributed by atoms with E-state index in [1.54, 1.807) is 24.3 Å². The molecule has 0 fully saturated rings. The van der Waals surface area contributed by atoms with Gasteiger partial charge in [-0.1, -0.05) is 24.3 Å². The third-order valence-corrected chi connectivity index (χ3v) is 7.53. The molecule has 2 aliphatic rings. The molecule has 0 radical (unpaired) electrons. The van der Waals surface area contributed by atoms with Crippen LogP contribution in [0.3, 0.4) is 0 Å². The topological polar surface area (TPSA) is 95.2 Å². The Hall–Kier alpha value is -6.17. The van der Waals surface area contributed by atoms with E-state index >= 15 is 8.78 Å². The smallest absolute Gasteiger partial charge is 0.203 e. The normalized spacial score (nSPS) is 12.2. The number of fused-ring (bicyclic) bond motifs is 6. The van der Waals surface area contributed by atoms with Crippen molar-refractivity contribution in [3.8, 4) is 57.7 Å². The molecule has 0 aromatic heterocycles. The summed E-state index contributed by atoms with van der Waals surface area (Å²) in [5, 5.41) is 38.8. The van der Waals surface area contributed by atoms with E-state index < -0.39 is 62.9 Å². The minimum Gasteiger partial charge on any atom is -0.203 e. The molecule has 4 nitrogen and oxygen atoms in total. The summed E-state index contributed by atoms with van der Waals surface area (Å²) < 4.78 is 99.4. The first-order valence-corrected chi connectivity index (χ1v) is 12.4. The molecular formula is C33H9F7N4. The van der Waals surface area contributed by atoms with Gasteiger partial charge in [0.25, 0.3) is 0 Å². The summed E-state index contributed by atoms with van der Waals surface area (Å²) in [7, 11) is 0. The summed E-state index contributed by atoms with van der Waals surface area (Å²) in [5.74, 6) is -7.86. The summed E-state index contributed by atoms with van der Waals surface area (Å²) in [6.07, 6.45) is -4.62. The number of allylic oxidation sites excluding steroid dienone is 2. The van der Waals surface area contributed by atoms with Crippen LogP contribution in [0.4, 0.5) is 30.7 Å². The molecular weight excluding hydrogens is 585 g/mol. The first-order valence-electron chi connectivity index (χ1n) is 12.4. The van der Waals surface area contributed by atoms with Gasteiger partial charge in [-0.3, -0.25) is 0 Å². The number of hydrogen-bond acceptors (Lipinski definition) is 4. The van der Waals surface area contributed by atoms with Crippen LogP contribution in [0.1, 0.15) is 27.8 Å². The molecule has 44 heavy (non-hydrogen) atoms. The molecule has 0 saturated carbocycles. The molecule has 11 heteroatoms. The molecule has 0 heterocycles. The monoisotopic (exact) mass is 594 g/mol. The Morgan fingerprint density at radius 3 is 1.64 bits per heavy atom. The first-order chi connectivity index (χ1) is 21.0. The molecule has 0 spiro atoms. The Balaban J connectivity index is 1.68. The molecule has 0 aliphatic heterocycles. The molecule has 0 bridgehead atoms. The van der Waals surface area contributed by atoms with Crippen LogP contribution in [0.15, 0.2) is 65.7 Å². The predicted octanol–water partition coefficient (Wildman–Crippen LogP) is 8.59. The van der Waals surface area contributed by atoms with Gasteiger partial charge in [-0.15, -0.1) is 0 Å². The van der Waals surface area contributed by atoms with Crippen LogP contribution in [0.2, 0.25) is 0 Å². The first kappa shape index (κ1) is 28.0. The summed E-state index contributed by atoms with van der Waals surface area (Å²) in [6, 6.07) is 18.2. The van der Waals surface area contributed by atoms with E-state index in [-0.39, 0.29) is 39.0 Å². The number of nitriles is 4. The summed E-state index contributed by atoms with van der Waals surface area (Å²) in [5.41, 5.74) is -2.92. The van der Waals surface area contributed by atoms with E-state index in [4.69, 9.17) is 0 Å². The van der Waals surface area contributed by atoms with Crippen LogP contribution < -0.4 is 0 Å². The van der Waals surface area contributed by atoms with Gasteiger partial charge in [0.1, 0.15) is 35.4 Å². The lowest BCUT2D eigenvalue weighted by atomic mass is 9.93. The van der Waals surface area contributed by atoms with Crippen molar-refractivity contribution in [2.45, 2.75) is 6.18 Å². The standard InChI is InChI=1S/C33H9F7N4/c34-29-27-24-9-22-20(8-23(24)26(17(12-43)13-44)28(27)30(35)32(37)31(29)36)19-5-4-15(7-21(19)25(22)16(10-41)11-42)14-2-1-3-18(6-14)33(38,39)40/h1-9H. The van der Waals surface area contributed by atoms with Crippen LogP contribution in [0.25, 0.3) is 44.5 Å².